The molecule has 0 aliphatic heterocycles. The standard InChI is InChI=1S/C17H22F3NO3/c1-10-9-11(18)15(20)16(14(10)19)24-13(23)6-5-12(22)21-8-7-17(2,3)4/h9H,5-8H2,1-4H3,(H,21,22). The van der Waals surface area contributed by atoms with Crippen LogP contribution in [-0.4, -0.2) is 18.4 Å². The first-order valence-electron chi connectivity index (χ1n) is 7.63. The number of carbonyl (C=O) groups is 2. The van der Waals surface area contributed by atoms with Gasteiger partial charge in [-0.1, -0.05) is 20.8 Å². The van der Waals surface area contributed by atoms with Gasteiger partial charge in [0.05, 0.1) is 6.42 Å². The number of hydrogen-bond donors (Lipinski definition) is 1. The molecule has 1 aromatic carbocycles. The summed E-state index contributed by atoms with van der Waals surface area (Å²) in [5.41, 5.74) is -0.118. The molecule has 1 aromatic rings. The van der Waals surface area contributed by atoms with Crippen molar-refractivity contribution in [3.63, 3.8) is 0 Å². The Morgan fingerprint density at radius 3 is 2.33 bits per heavy atom. The van der Waals surface area contributed by atoms with E-state index in [9.17, 15) is 22.8 Å². The summed E-state index contributed by atoms with van der Waals surface area (Å²) in [6.45, 7) is 7.77. The van der Waals surface area contributed by atoms with Crippen LogP contribution >= 0.6 is 0 Å². The van der Waals surface area contributed by atoms with E-state index in [0.29, 0.717) is 12.6 Å². The van der Waals surface area contributed by atoms with E-state index in [1.165, 1.54) is 6.92 Å². The Kier molecular flexibility index (Phi) is 6.81. The fourth-order valence-corrected chi connectivity index (χ4v) is 1.84. The molecule has 0 aromatic heterocycles. The van der Waals surface area contributed by atoms with Gasteiger partial charge < -0.3 is 10.1 Å². The highest BCUT2D eigenvalue weighted by molar-refractivity contribution is 5.82. The van der Waals surface area contributed by atoms with Gasteiger partial charge in [-0.15, -0.1) is 0 Å². The smallest absolute Gasteiger partial charge is 0.311 e. The molecule has 0 aliphatic carbocycles. The Hall–Kier alpha value is -2.05. The van der Waals surface area contributed by atoms with Gasteiger partial charge in [0.15, 0.2) is 11.6 Å². The van der Waals surface area contributed by atoms with Crippen LogP contribution in [0.15, 0.2) is 6.07 Å². The number of nitrogens with one attached hydrogen (secondary N) is 1. The predicted molar refractivity (Wildman–Crippen MR) is 83.0 cm³/mol. The molecule has 7 heteroatoms. The number of aryl methyl sites for hydroxylation is 1. The molecule has 134 valence electrons. The van der Waals surface area contributed by atoms with Crippen molar-refractivity contribution >= 4 is 11.9 Å². The van der Waals surface area contributed by atoms with E-state index >= 15 is 0 Å². The maximum absolute atomic E-state index is 13.7. The molecule has 0 unspecified atom stereocenters. The number of benzene rings is 1. The van der Waals surface area contributed by atoms with Gasteiger partial charge in [0.1, 0.15) is 0 Å². The minimum Gasteiger partial charge on any atom is -0.420 e. The van der Waals surface area contributed by atoms with Crippen LogP contribution in [0.3, 0.4) is 0 Å². The van der Waals surface area contributed by atoms with Gasteiger partial charge >= 0.3 is 5.97 Å². The third-order valence-corrected chi connectivity index (χ3v) is 3.27. The zero-order chi connectivity index (χ0) is 18.5. The van der Waals surface area contributed by atoms with E-state index in [2.05, 4.69) is 10.1 Å². The summed E-state index contributed by atoms with van der Waals surface area (Å²) >= 11 is 0. The van der Waals surface area contributed by atoms with E-state index in [-0.39, 0.29) is 29.7 Å². The molecule has 0 saturated carbocycles. The number of hydrogen-bond acceptors (Lipinski definition) is 3. The maximum atomic E-state index is 13.7. The van der Waals surface area contributed by atoms with E-state index in [1.54, 1.807) is 0 Å². The quantitative estimate of drug-likeness (QED) is 0.486. The molecule has 1 N–H and O–H groups in total. The van der Waals surface area contributed by atoms with E-state index < -0.39 is 29.2 Å². The molecule has 0 radical (unpaired) electrons. The maximum Gasteiger partial charge on any atom is 0.311 e. The highest BCUT2D eigenvalue weighted by Gasteiger charge is 2.21. The molecular weight excluding hydrogens is 323 g/mol. The van der Waals surface area contributed by atoms with Crippen LogP contribution in [0.1, 0.15) is 45.6 Å². The summed E-state index contributed by atoms with van der Waals surface area (Å²) in [5, 5.41) is 2.64. The van der Waals surface area contributed by atoms with Crippen molar-refractivity contribution in [2.45, 2.75) is 47.0 Å². The van der Waals surface area contributed by atoms with Crippen molar-refractivity contribution in [2.24, 2.45) is 5.41 Å². The normalized spacial score (nSPS) is 11.3. The Labute approximate surface area is 139 Å². The Balaban J connectivity index is 2.52. The SMILES string of the molecule is Cc1cc(F)c(F)c(OC(=O)CCC(=O)NCCC(C)(C)C)c1F. The third kappa shape index (κ3) is 6.22. The van der Waals surface area contributed by atoms with Crippen LogP contribution in [0.5, 0.6) is 5.75 Å². The second-order valence-corrected chi connectivity index (χ2v) is 6.77. The number of carbonyl (C=O) groups excluding carboxylic acids is 2. The van der Waals surface area contributed by atoms with Gasteiger partial charge in [-0.25, -0.2) is 8.78 Å². The fraction of sp³-hybridized carbons (Fsp3) is 0.529. The number of halogens is 3. The average Bonchev–Trinajstić information content (AvgIpc) is 2.46. The second kappa shape index (κ2) is 8.17. The monoisotopic (exact) mass is 345 g/mol. The van der Waals surface area contributed by atoms with Gasteiger partial charge in [-0.05, 0) is 30.4 Å². The van der Waals surface area contributed by atoms with Crippen molar-refractivity contribution in [2.75, 3.05) is 6.54 Å². The van der Waals surface area contributed by atoms with E-state index in [4.69, 9.17) is 0 Å². The van der Waals surface area contributed by atoms with E-state index in [1.807, 2.05) is 20.8 Å². The summed E-state index contributed by atoms with van der Waals surface area (Å²) < 4.78 is 45.0. The Morgan fingerprint density at radius 1 is 1.12 bits per heavy atom. The average molecular weight is 345 g/mol. The summed E-state index contributed by atoms with van der Waals surface area (Å²) in [6, 6.07) is 0.671. The van der Waals surface area contributed by atoms with Gasteiger partial charge in [-0.3, -0.25) is 9.59 Å². The lowest BCUT2D eigenvalue weighted by atomic mass is 9.92. The second-order valence-electron chi connectivity index (χ2n) is 6.77. The predicted octanol–water partition coefficient (Wildman–Crippen LogP) is 3.65. The minimum absolute atomic E-state index is 0.0660. The van der Waals surface area contributed by atoms with Crippen LogP contribution in [0.25, 0.3) is 0 Å². The Morgan fingerprint density at radius 2 is 1.75 bits per heavy atom. The van der Waals surface area contributed by atoms with Crippen LogP contribution in [-0.2, 0) is 9.59 Å². The third-order valence-electron chi connectivity index (χ3n) is 3.27. The van der Waals surface area contributed by atoms with Gasteiger partial charge in [0, 0.05) is 13.0 Å². The summed E-state index contributed by atoms with van der Waals surface area (Å²) in [4.78, 5) is 23.2. The molecule has 4 nitrogen and oxygen atoms in total. The van der Waals surface area contributed by atoms with Crippen LogP contribution < -0.4 is 10.1 Å². The highest BCUT2D eigenvalue weighted by Crippen LogP contribution is 2.27. The molecule has 0 aliphatic rings. The van der Waals surface area contributed by atoms with Gasteiger partial charge in [0.25, 0.3) is 0 Å². The lowest BCUT2D eigenvalue weighted by Crippen LogP contribution is -2.28. The zero-order valence-corrected chi connectivity index (χ0v) is 14.3. The fourth-order valence-electron chi connectivity index (χ4n) is 1.84. The van der Waals surface area contributed by atoms with Crippen molar-refractivity contribution in [3.05, 3.63) is 29.1 Å². The van der Waals surface area contributed by atoms with Crippen molar-refractivity contribution in [3.8, 4) is 5.75 Å². The summed E-state index contributed by atoms with van der Waals surface area (Å²) in [5.74, 6) is -6.48. The number of esters is 1. The van der Waals surface area contributed by atoms with Crippen molar-refractivity contribution in [1.29, 1.82) is 0 Å². The Bertz CT molecular complexity index is 598. The van der Waals surface area contributed by atoms with Crippen molar-refractivity contribution < 1.29 is 27.5 Å². The van der Waals surface area contributed by atoms with Gasteiger partial charge in [-0.2, -0.15) is 4.39 Å². The number of rotatable bonds is 6. The number of ether oxygens (including phenoxy) is 1. The minimum atomic E-state index is -1.57. The molecule has 1 amide bonds. The summed E-state index contributed by atoms with van der Waals surface area (Å²) in [7, 11) is 0. The largest absolute Gasteiger partial charge is 0.420 e. The molecular formula is C17H22F3NO3. The first kappa shape index (κ1) is 20.0. The highest BCUT2D eigenvalue weighted by atomic mass is 19.2. The molecule has 0 saturated heterocycles. The van der Waals surface area contributed by atoms with Crippen LogP contribution in [0.4, 0.5) is 13.2 Å². The molecule has 24 heavy (non-hydrogen) atoms. The first-order chi connectivity index (χ1) is 11.0. The van der Waals surface area contributed by atoms with E-state index in [0.717, 1.165) is 6.42 Å². The lowest BCUT2D eigenvalue weighted by molar-refractivity contribution is -0.136. The van der Waals surface area contributed by atoms with Crippen molar-refractivity contribution in [1.82, 2.24) is 5.32 Å². The molecule has 0 fully saturated rings. The number of amides is 1. The molecule has 0 heterocycles. The summed E-state index contributed by atoms with van der Waals surface area (Å²) in [6.07, 6.45) is 0.221. The first-order valence-corrected chi connectivity index (χ1v) is 7.63. The lowest BCUT2D eigenvalue weighted by Gasteiger charge is -2.17. The topological polar surface area (TPSA) is 55.4 Å². The molecule has 0 spiro atoms. The molecule has 0 atom stereocenters. The van der Waals surface area contributed by atoms with Gasteiger partial charge in [0.2, 0.25) is 17.5 Å². The zero-order valence-electron chi connectivity index (χ0n) is 14.3. The van der Waals surface area contributed by atoms with Crippen LogP contribution in [0.2, 0.25) is 0 Å². The van der Waals surface area contributed by atoms with Crippen LogP contribution in [0, 0.1) is 29.8 Å². The molecule has 0 bridgehead atoms. The molecule has 1 rings (SSSR count).